The fourth-order valence-corrected chi connectivity index (χ4v) is 3.86. The van der Waals surface area contributed by atoms with Crippen LogP contribution >= 0.6 is 11.3 Å². The van der Waals surface area contributed by atoms with E-state index in [-0.39, 0.29) is 12.6 Å². The number of esters is 1. The second kappa shape index (κ2) is 7.06. The number of hydrogen-bond acceptors (Lipinski definition) is 5. The van der Waals surface area contributed by atoms with Crippen molar-refractivity contribution >= 4 is 27.5 Å². The molecule has 0 saturated heterocycles. The average molecular weight is 373 g/mol. The Labute approximate surface area is 160 Å². The van der Waals surface area contributed by atoms with Crippen LogP contribution in [0.15, 0.2) is 60.7 Å². The van der Waals surface area contributed by atoms with E-state index in [9.17, 15) is 4.79 Å². The van der Waals surface area contributed by atoms with Crippen molar-refractivity contribution in [2.75, 3.05) is 0 Å². The van der Waals surface area contributed by atoms with Gasteiger partial charge in [0.05, 0.1) is 23.0 Å². The maximum absolute atomic E-state index is 12.5. The minimum Gasteiger partial charge on any atom is -0.457 e. The van der Waals surface area contributed by atoms with Crippen LogP contribution in [-0.4, -0.2) is 15.7 Å². The van der Waals surface area contributed by atoms with E-state index < -0.39 is 0 Å². The Kier molecular flexibility index (Phi) is 4.45. The predicted molar refractivity (Wildman–Crippen MR) is 104 cm³/mol. The number of aryl methyl sites for hydroxylation is 1. The molecule has 0 bridgehead atoms. The van der Waals surface area contributed by atoms with Crippen molar-refractivity contribution in [1.82, 2.24) is 9.78 Å². The van der Waals surface area contributed by atoms with Crippen LogP contribution in [-0.2, 0) is 11.3 Å². The van der Waals surface area contributed by atoms with Gasteiger partial charge in [0.1, 0.15) is 16.3 Å². The Balaban J connectivity index is 1.56. The summed E-state index contributed by atoms with van der Waals surface area (Å²) in [7, 11) is 0. The van der Waals surface area contributed by atoms with Gasteiger partial charge in [0.15, 0.2) is 0 Å². The van der Waals surface area contributed by atoms with Gasteiger partial charge in [-0.05, 0) is 42.8 Å². The highest BCUT2D eigenvalue weighted by Crippen LogP contribution is 2.30. The molecule has 0 N–H and O–H groups in total. The summed E-state index contributed by atoms with van der Waals surface area (Å²) in [5.74, 6) is -0.362. The van der Waals surface area contributed by atoms with E-state index in [1.165, 1.54) is 11.3 Å². The normalized spacial score (nSPS) is 10.7. The topological polar surface area (TPSA) is 67.9 Å². The number of ether oxygens (including phenoxy) is 1. The molecular formula is C21H15N3O2S. The van der Waals surface area contributed by atoms with E-state index in [1.54, 1.807) is 24.3 Å². The summed E-state index contributed by atoms with van der Waals surface area (Å²) in [5.41, 5.74) is 3.25. The minimum absolute atomic E-state index is 0.169. The maximum Gasteiger partial charge on any atom is 0.348 e. The average Bonchev–Trinajstić information content (AvgIpc) is 3.28. The van der Waals surface area contributed by atoms with Crippen LogP contribution in [0.25, 0.3) is 15.9 Å². The van der Waals surface area contributed by atoms with Crippen molar-refractivity contribution in [1.29, 1.82) is 5.26 Å². The summed E-state index contributed by atoms with van der Waals surface area (Å²) < 4.78 is 7.28. The molecule has 0 amide bonds. The zero-order valence-corrected chi connectivity index (χ0v) is 15.4. The third kappa shape index (κ3) is 3.33. The number of nitriles is 1. The number of hydrogen-bond donors (Lipinski definition) is 0. The second-order valence-corrected chi connectivity index (χ2v) is 7.08. The molecule has 2 aromatic heterocycles. The van der Waals surface area contributed by atoms with Gasteiger partial charge in [-0.15, -0.1) is 11.3 Å². The van der Waals surface area contributed by atoms with Crippen LogP contribution in [0.4, 0.5) is 0 Å². The highest BCUT2D eigenvalue weighted by atomic mass is 32.1. The van der Waals surface area contributed by atoms with Gasteiger partial charge >= 0.3 is 5.97 Å². The highest BCUT2D eigenvalue weighted by molar-refractivity contribution is 7.20. The number of rotatable bonds is 4. The number of nitrogens with zero attached hydrogens (tertiary/aromatic N) is 3. The van der Waals surface area contributed by atoms with Crippen LogP contribution in [0.1, 0.15) is 26.5 Å². The molecule has 0 radical (unpaired) electrons. The Morgan fingerprint density at radius 3 is 2.63 bits per heavy atom. The molecule has 0 unspecified atom stereocenters. The first-order valence-corrected chi connectivity index (χ1v) is 9.18. The molecule has 4 rings (SSSR count). The van der Waals surface area contributed by atoms with Crippen molar-refractivity contribution in [2.24, 2.45) is 0 Å². The predicted octanol–water partition coefficient (Wildman–Crippen LogP) is 4.62. The first-order chi connectivity index (χ1) is 13.2. The van der Waals surface area contributed by atoms with E-state index in [2.05, 4.69) is 11.2 Å². The van der Waals surface area contributed by atoms with Gasteiger partial charge in [-0.2, -0.15) is 10.4 Å². The molecule has 4 aromatic rings. The standard InChI is InChI=1S/C21H15N3O2S/c1-14-18-11-19(21(25)26-13-16-9-7-15(12-22)8-10-16)27-20(18)24(23-14)17-5-3-2-4-6-17/h2-11H,13H2,1H3. The van der Waals surface area contributed by atoms with Crippen LogP contribution in [0.5, 0.6) is 0 Å². The molecule has 132 valence electrons. The number of thiophene rings is 1. The zero-order valence-electron chi connectivity index (χ0n) is 14.5. The fraction of sp³-hybridized carbons (Fsp3) is 0.0952. The second-order valence-electron chi connectivity index (χ2n) is 6.05. The number of aromatic nitrogens is 2. The summed E-state index contributed by atoms with van der Waals surface area (Å²) in [6.07, 6.45) is 0. The van der Waals surface area contributed by atoms with Crippen LogP contribution < -0.4 is 0 Å². The van der Waals surface area contributed by atoms with Crippen molar-refractivity contribution in [3.05, 3.63) is 82.4 Å². The lowest BCUT2D eigenvalue weighted by Crippen LogP contribution is -2.03. The van der Waals surface area contributed by atoms with Gasteiger partial charge in [0, 0.05) is 5.39 Å². The van der Waals surface area contributed by atoms with E-state index in [0.717, 1.165) is 27.2 Å². The molecular weight excluding hydrogens is 358 g/mol. The molecule has 0 saturated carbocycles. The highest BCUT2D eigenvalue weighted by Gasteiger charge is 2.18. The summed E-state index contributed by atoms with van der Waals surface area (Å²) in [6.45, 7) is 2.10. The zero-order chi connectivity index (χ0) is 18.8. The van der Waals surface area contributed by atoms with Crippen molar-refractivity contribution < 1.29 is 9.53 Å². The number of para-hydroxylation sites is 1. The lowest BCUT2D eigenvalue weighted by molar-refractivity contribution is 0.0478. The smallest absolute Gasteiger partial charge is 0.348 e. The Hall–Kier alpha value is -3.43. The molecule has 0 aliphatic heterocycles. The number of carbonyl (C=O) groups excluding carboxylic acids is 1. The summed E-state index contributed by atoms with van der Waals surface area (Å²) in [6, 6.07) is 20.7. The maximum atomic E-state index is 12.5. The Morgan fingerprint density at radius 1 is 1.19 bits per heavy atom. The Morgan fingerprint density at radius 2 is 1.93 bits per heavy atom. The molecule has 0 spiro atoms. The van der Waals surface area contributed by atoms with Crippen molar-refractivity contribution in [2.45, 2.75) is 13.5 Å². The molecule has 2 aromatic carbocycles. The van der Waals surface area contributed by atoms with Gasteiger partial charge < -0.3 is 4.74 Å². The van der Waals surface area contributed by atoms with Crippen molar-refractivity contribution in [3.8, 4) is 11.8 Å². The third-order valence-corrected chi connectivity index (χ3v) is 5.29. The number of carbonyl (C=O) groups is 1. The quantitative estimate of drug-likeness (QED) is 0.489. The molecule has 2 heterocycles. The van der Waals surface area contributed by atoms with Gasteiger partial charge in [-0.3, -0.25) is 0 Å². The molecule has 0 aliphatic carbocycles. The molecule has 6 heteroatoms. The minimum atomic E-state index is -0.362. The van der Waals surface area contributed by atoms with E-state index in [0.29, 0.717) is 10.4 Å². The molecule has 0 aliphatic rings. The summed E-state index contributed by atoms with van der Waals surface area (Å²) in [5, 5.41) is 14.4. The fourth-order valence-electron chi connectivity index (χ4n) is 2.79. The third-order valence-electron chi connectivity index (χ3n) is 4.20. The SMILES string of the molecule is Cc1nn(-c2ccccc2)c2sc(C(=O)OCc3ccc(C#N)cc3)cc12. The van der Waals surface area contributed by atoms with Gasteiger partial charge in [-0.25, -0.2) is 9.48 Å². The van der Waals surface area contributed by atoms with Crippen molar-refractivity contribution in [3.63, 3.8) is 0 Å². The Bertz CT molecular complexity index is 1150. The lowest BCUT2D eigenvalue weighted by Gasteiger charge is -2.04. The van der Waals surface area contributed by atoms with E-state index >= 15 is 0 Å². The lowest BCUT2D eigenvalue weighted by atomic mass is 10.2. The summed E-state index contributed by atoms with van der Waals surface area (Å²) >= 11 is 1.37. The number of fused-ring (bicyclic) bond motifs is 1. The monoisotopic (exact) mass is 373 g/mol. The first-order valence-electron chi connectivity index (χ1n) is 8.36. The molecule has 5 nitrogen and oxygen atoms in total. The van der Waals surface area contributed by atoms with E-state index in [4.69, 9.17) is 10.00 Å². The van der Waals surface area contributed by atoms with Gasteiger partial charge in [-0.1, -0.05) is 30.3 Å². The molecule has 27 heavy (non-hydrogen) atoms. The summed E-state index contributed by atoms with van der Waals surface area (Å²) in [4.78, 5) is 13.9. The molecule has 0 fully saturated rings. The van der Waals surface area contributed by atoms with Crippen LogP contribution in [0, 0.1) is 18.3 Å². The van der Waals surface area contributed by atoms with Gasteiger partial charge in [0.25, 0.3) is 0 Å². The van der Waals surface area contributed by atoms with Gasteiger partial charge in [0.2, 0.25) is 0 Å². The first kappa shape index (κ1) is 17.0. The van der Waals surface area contributed by atoms with E-state index in [1.807, 2.05) is 48.0 Å². The number of benzene rings is 2. The van der Waals surface area contributed by atoms with Crippen LogP contribution in [0.3, 0.4) is 0 Å². The molecule has 0 atom stereocenters. The largest absolute Gasteiger partial charge is 0.457 e. The van der Waals surface area contributed by atoms with Crippen LogP contribution in [0.2, 0.25) is 0 Å².